The second-order valence-corrected chi connectivity index (χ2v) is 8.72. The van der Waals surface area contributed by atoms with E-state index in [2.05, 4.69) is 21.2 Å². The maximum Gasteiger partial charge on any atom is 0.335 e. The molecule has 172 valence electrons. The number of amides is 4. The summed E-state index contributed by atoms with van der Waals surface area (Å²) in [4.78, 5) is 38.8. The van der Waals surface area contributed by atoms with E-state index in [1.165, 1.54) is 49.6 Å². The fraction of sp³-hybridized carbons (Fsp3) is 0.0800. The van der Waals surface area contributed by atoms with E-state index in [0.29, 0.717) is 27.2 Å². The first-order valence-electron chi connectivity index (χ1n) is 10.0. The molecule has 3 aromatic carbocycles. The molecule has 3 aromatic rings. The molecule has 0 aliphatic carbocycles. The molecule has 0 atom stereocenters. The number of halogens is 3. The highest BCUT2D eigenvalue weighted by molar-refractivity contribution is 9.10. The van der Waals surface area contributed by atoms with Crippen LogP contribution in [0.4, 0.5) is 14.9 Å². The normalized spacial score (nSPS) is 15.0. The zero-order valence-corrected chi connectivity index (χ0v) is 20.1. The van der Waals surface area contributed by atoms with Gasteiger partial charge >= 0.3 is 6.03 Å². The van der Waals surface area contributed by atoms with E-state index in [0.717, 1.165) is 16.0 Å². The Morgan fingerprint density at radius 2 is 1.82 bits per heavy atom. The number of nitrogens with zero attached hydrogens (tertiary/aromatic N) is 1. The zero-order valence-electron chi connectivity index (χ0n) is 17.8. The molecule has 0 spiro atoms. The van der Waals surface area contributed by atoms with Crippen LogP contribution in [0.1, 0.15) is 16.7 Å². The van der Waals surface area contributed by atoms with E-state index in [9.17, 15) is 18.8 Å². The first-order valence-corrected chi connectivity index (χ1v) is 11.2. The van der Waals surface area contributed by atoms with E-state index >= 15 is 0 Å². The van der Waals surface area contributed by atoms with Crippen LogP contribution < -0.4 is 15.0 Å². The van der Waals surface area contributed by atoms with Gasteiger partial charge in [-0.05, 0) is 65.7 Å². The Bertz CT molecular complexity index is 1340. The Morgan fingerprint density at radius 1 is 1.09 bits per heavy atom. The fourth-order valence-electron chi connectivity index (χ4n) is 3.57. The van der Waals surface area contributed by atoms with Crippen LogP contribution in [-0.4, -0.2) is 25.0 Å². The molecule has 1 N–H and O–H groups in total. The SMILES string of the molecule is COc1cc(/C=C2\C(=O)NC(=O)N(c3ccc(Cl)cc3)C2=O)cc(Br)c1Cc1cccc(F)c1. The smallest absolute Gasteiger partial charge is 0.335 e. The molecule has 4 rings (SSSR count). The van der Waals surface area contributed by atoms with Gasteiger partial charge in [-0.15, -0.1) is 0 Å². The van der Waals surface area contributed by atoms with E-state index in [-0.39, 0.29) is 17.1 Å². The summed E-state index contributed by atoms with van der Waals surface area (Å²) in [5.41, 5.74) is 2.07. The predicted octanol–water partition coefficient (Wildman–Crippen LogP) is 5.51. The van der Waals surface area contributed by atoms with Crippen LogP contribution in [0.2, 0.25) is 5.02 Å². The number of hydrogen-bond acceptors (Lipinski definition) is 4. The van der Waals surface area contributed by atoms with Crippen LogP contribution in [0.5, 0.6) is 5.75 Å². The van der Waals surface area contributed by atoms with Gasteiger partial charge in [0.25, 0.3) is 11.8 Å². The van der Waals surface area contributed by atoms with E-state index < -0.39 is 17.8 Å². The summed E-state index contributed by atoms with van der Waals surface area (Å²) in [6, 6.07) is 14.9. The molecule has 34 heavy (non-hydrogen) atoms. The Labute approximate surface area is 208 Å². The third-order valence-electron chi connectivity index (χ3n) is 5.16. The fourth-order valence-corrected chi connectivity index (χ4v) is 4.29. The average molecular weight is 544 g/mol. The molecule has 0 unspecified atom stereocenters. The van der Waals surface area contributed by atoms with Crippen LogP contribution in [-0.2, 0) is 16.0 Å². The number of anilines is 1. The molecular formula is C25H17BrClFN2O4. The van der Waals surface area contributed by atoms with Crippen LogP contribution in [0, 0.1) is 5.82 Å². The summed E-state index contributed by atoms with van der Waals surface area (Å²) in [5.74, 6) is -1.43. The van der Waals surface area contributed by atoms with Gasteiger partial charge in [-0.25, -0.2) is 14.1 Å². The summed E-state index contributed by atoms with van der Waals surface area (Å²) in [5, 5.41) is 2.62. The van der Waals surface area contributed by atoms with Crippen molar-refractivity contribution in [3.8, 4) is 5.75 Å². The first kappa shape index (κ1) is 23.7. The van der Waals surface area contributed by atoms with Gasteiger partial charge in [0.1, 0.15) is 17.1 Å². The molecule has 1 saturated heterocycles. The van der Waals surface area contributed by atoms with Crippen LogP contribution in [0.15, 0.2) is 70.7 Å². The largest absolute Gasteiger partial charge is 0.496 e. The number of ether oxygens (including phenoxy) is 1. The molecule has 0 radical (unpaired) electrons. The Hall–Kier alpha value is -3.49. The lowest BCUT2D eigenvalue weighted by Crippen LogP contribution is -2.54. The summed E-state index contributed by atoms with van der Waals surface area (Å²) < 4.78 is 19.8. The summed E-state index contributed by atoms with van der Waals surface area (Å²) >= 11 is 9.40. The summed E-state index contributed by atoms with van der Waals surface area (Å²) in [6.45, 7) is 0. The minimum atomic E-state index is -0.848. The number of rotatable bonds is 5. The lowest BCUT2D eigenvalue weighted by atomic mass is 10.0. The Morgan fingerprint density at radius 3 is 2.50 bits per heavy atom. The maximum absolute atomic E-state index is 13.6. The lowest BCUT2D eigenvalue weighted by molar-refractivity contribution is -0.122. The molecule has 0 bridgehead atoms. The standard InChI is InChI=1S/C25H17BrClFN2O4/c1-34-22-13-15(12-21(26)19(22)10-14-3-2-4-17(28)9-14)11-20-23(31)29-25(33)30(24(20)32)18-7-5-16(27)6-8-18/h2-9,11-13H,10H2,1H3,(H,29,31,33)/b20-11+. The van der Waals surface area contributed by atoms with Crippen LogP contribution in [0.25, 0.3) is 6.08 Å². The third-order valence-corrected chi connectivity index (χ3v) is 6.12. The number of benzene rings is 3. The third kappa shape index (κ3) is 4.88. The first-order chi connectivity index (χ1) is 16.3. The van der Waals surface area contributed by atoms with Crippen molar-refractivity contribution in [3.05, 3.63) is 98.2 Å². The van der Waals surface area contributed by atoms with Crippen LogP contribution >= 0.6 is 27.5 Å². The van der Waals surface area contributed by atoms with E-state index in [1.807, 2.05) is 0 Å². The van der Waals surface area contributed by atoms with Crippen molar-refractivity contribution < 1.29 is 23.5 Å². The highest BCUT2D eigenvalue weighted by atomic mass is 79.9. The molecule has 1 aliphatic heterocycles. The molecular weight excluding hydrogens is 527 g/mol. The van der Waals surface area contributed by atoms with E-state index in [4.69, 9.17) is 16.3 Å². The molecule has 9 heteroatoms. The molecule has 1 heterocycles. The average Bonchev–Trinajstić information content (AvgIpc) is 2.79. The number of urea groups is 1. The number of hydrogen-bond donors (Lipinski definition) is 1. The number of methoxy groups -OCH3 is 1. The van der Waals surface area contributed by atoms with Crippen molar-refractivity contribution in [2.24, 2.45) is 0 Å². The number of imide groups is 2. The number of barbiturate groups is 1. The summed E-state index contributed by atoms with van der Waals surface area (Å²) in [7, 11) is 1.49. The van der Waals surface area contributed by atoms with Gasteiger partial charge in [0, 0.05) is 21.5 Å². The predicted molar refractivity (Wildman–Crippen MR) is 130 cm³/mol. The van der Waals surface area contributed by atoms with Gasteiger partial charge in [0.2, 0.25) is 0 Å². The van der Waals surface area contributed by atoms with Gasteiger partial charge < -0.3 is 4.74 Å². The molecule has 4 amide bonds. The highest BCUT2D eigenvalue weighted by Crippen LogP contribution is 2.33. The van der Waals surface area contributed by atoms with Crippen molar-refractivity contribution in [2.75, 3.05) is 12.0 Å². The number of nitrogens with one attached hydrogen (secondary N) is 1. The molecule has 1 fully saturated rings. The molecule has 0 saturated carbocycles. The van der Waals surface area contributed by atoms with Crippen molar-refractivity contribution >= 4 is 57.1 Å². The quantitative estimate of drug-likeness (QED) is 0.340. The van der Waals surface area contributed by atoms with Crippen molar-refractivity contribution in [1.82, 2.24) is 5.32 Å². The Balaban J connectivity index is 1.70. The van der Waals surface area contributed by atoms with Gasteiger partial charge in [0.15, 0.2) is 0 Å². The number of carbonyl (C=O) groups excluding carboxylic acids is 3. The van der Waals surface area contributed by atoms with Gasteiger partial charge in [-0.2, -0.15) is 0 Å². The number of carbonyl (C=O) groups is 3. The van der Waals surface area contributed by atoms with E-state index in [1.54, 1.807) is 24.3 Å². The highest BCUT2D eigenvalue weighted by Gasteiger charge is 2.36. The second kappa shape index (κ2) is 9.79. The zero-order chi connectivity index (χ0) is 24.4. The van der Waals surface area contributed by atoms with Crippen molar-refractivity contribution in [2.45, 2.75) is 6.42 Å². The molecule has 1 aliphatic rings. The minimum Gasteiger partial charge on any atom is -0.496 e. The molecule has 0 aromatic heterocycles. The minimum absolute atomic E-state index is 0.221. The summed E-state index contributed by atoms with van der Waals surface area (Å²) in [6.07, 6.45) is 1.78. The maximum atomic E-state index is 13.6. The molecule has 6 nitrogen and oxygen atoms in total. The topological polar surface area (TPSA) is 75.7 Å². The Kier molecular flexibility index (Phi) is 6.81. The van der Waals surface area contributed by atoms with Crippen molar-refractivity contribution in [1.29, 1.82) is 0 Å². The van der Waals surface area contributed by atoms with Gasteiger partial charge in [0.05, 0.1) is 12.8 Å². The second-order valence-electron chi connectivity index (χ2n) is 7.42. The monoisotopic (exact) mass is 542 g/mol. The van der Waals surface area contributed by atoms with Gasteiger partial charge in [-0.1, -0.05) is 39.7 Å². The van der Waals surface area contributed by atoms with Crippen LogP contribution in [0.3, 0.4) is 0 Å². The van der Waals surface area contributed by atoms with Crippen molar-refractivity contribution in [3.63, 3.8) is 0 Å². The lowest BCUT2D eigenvalue weighted by Gasteiger charge is -2.26. The van der Waals surface area contributed by atoms with Gasteiger partial charge in [-0.3, -0.25) is 14.9 Å².